The van der Waals surface area contributed by atoms with E-state index in [1.165, 1.54) is 23.9 Å². The maximum Gasteiger partial charge on any atom is 0.335 e. The van der Waals surface area contributed by atoms with E-state index < -0.39 is 5.97 Å². The van der Waals surface area contributed by atoms with E-state index in [1.807, 2.05) is 25.3 Å². The molecule has 0 atom stereocenters. The van der Waals surface area contributed by atoms with Crippen molar-refractivity contribution in [3.63, 3.8) is 0 Å². The fourth-order valence-corrected chi connectivity index (χ4v) is 2.51. The third kappa shape index (κ3) is 3.44. The second kappa shape index (κ2) is 6.45. The molecule has 0 fully saturated rings. The van der Waals surface area contributed by atoms with Crippen molar-refractivity contribution in [2.24, 2.45) is 0 Å². The minimum absolute atomic E-state index is 0.147. The van der Waals surface area contributed by atoms with Crippen molar-refractivity contribution >= 4 is 29.3 Å². The van der Waals surface area contributed by atoms with Gasteiger partial charge < -0.3 is 10.4 Å². The molecule has 5 heteroatoms. The molecular weight excluding hydrogens is 286 g/mol. The summed E-state index contributed by atoms with van der Waals surface area (Å²) in [6.07, 6.45) is 1.91. The largest absolute Gasteiger partial charge is 0.478 e. The quantitative estimate of drug-likeness (QED) is 0.846. The first-order valence-corrected chi connectivity index (χ1v) is 7.53. The summed E-state index contributed by atoms with van der Waals surface area (Å²) in [5.74, 6) is -1.26. The number of aromatic carboxylic acids is 1. The number of aryl methyl sites for hydroxylation is 1. The smallest absolute Gasteiger partial charge is 0.335 e. The molecule has 0 radical (unpaired) electrons. The van der Waals surface area contributed by atoms with Crippen molar-refractivity contribution in [2.45, 2.75) is 11.8 Å². The van der Waals surface area contributed by atoms with Gasteiger partial charge in [-0.2, -0.15) is 0 Å². The van der Waals surface area contributed by atoms with Gasteiger partial charge in [-0.3, -0.25) is 4.79 Å². The summed E-state index contributed by atoms with van der Waals surface area (Å²) in [6, 6.07) is 12.0. The van der Waals surface area contributed by atoms with E-state index in [9.17, 15) is 9.59 Å². The number of benzene rings is 2. The number of nitrogens with one attached hydrogen (secondary N) is 1. The Morgan fingerprint density at radius 3 is 2.52 bits per heavy atom. The molecule has 0 aliphatic rings. The average molecular weight is 301 g/mol. The summed E-state index contributed by atoms with van der Waals surface area (Å²) < 4.78 is 0. The molecule has 2 rings (SSSR count). The highest BCUT2D eigenvalue weighted by Crippen LogP contribution is 2.23. The van der Waals surface area contributed by atoms with Gasteiger partial charge in [0.05, 0.1) is 11.1 Å². The fraction of sp³-hybridized carbons (Fsp3) is 0.125. The number of hydrogen-bond acceptors (Lipinski definition) is 3. The molecule has 0 aliphatic heterocycles. The van der Waals surface area contributed by atoms with Crippen LogP contribution in [-0.2, 0) is 0 Å². The highest BCUT2D eigenvalue weighted by Gasteiger charge is 2.13. The van der Waals surface area contributed by atoms with Crippen LogP contribution in [0.25, 0.3) is 0 Å². The van der Waals surface area contributed by atoms with E-state index in [1.54, 1.807) is 18.2 Å². The molecule has 2 N–H and O–H groups in total. The molecule has 0 aliphatic carbocycles. The number of carboxylic acids is 1. The molecular formula is C16H15NO3S. The molecule has 21 heavy (non-hydrogen) atoms. The number of rotatable bonds is 4. The van der Waals surface area contributed by atoms with Gasteiger partial charge in [0.2, 0.25) is 0 Å². The Balaban J connectivity index is 2.31. The van der Waals surface area contributed by atoms with Crippen molar-refractivity contribution in [1.29, 1.82) is 0 Å². The number of thioether (sulfide) groups is 1. The molecule has 2 aromatic rings. The number of anilines is 1. The van der Waals surface area contributed by atoms with Crippen LogP contribution in [0.5, 0.6) is 0 Å². The molecule has 0 bridgehead atoms. The zero-order valence-corrected chi connectivity index (χ0v) is 12.5. The Bertz CT molecular complexity index is 698. The lowest BCUT2D eigenvalue weighted by molar-refractivity contribution is 0.0696. The zero-order valence-electron chi connectivity index (χ0n) is 11.7. The Morgan fingerprint density at radius 2 is 1.86 bits per heavy atom. The highest BCUT2D eigenvalue weighted by molar-refractivity contribution is 7.98. The van der Waals surface area contributed by atoms with Crippen LogP contribution in [0.1, 0.15) is 26.3 Å². The Labute approximate surface area is 127 Å². The van der Waals surface area contributed by atoms with E-state index in [2.05, 4.69) is 5.32 Å². The first-order valence-electron chi connectivity index (χ1n) is 6.31. The van der Waals surface area contributed by atoms with Gasteiger partial charge in [-0.1, -0.05) is 18.2 Å². The van der Waals surface area contributed by atoms with E-state index in [-0.39, 0.29) is 11.5 Å². The van der Waals surface area contributed by atoms with Gasteiger partial charge in [0, 0.05) is 10.6 Å². The Morgan fingerprint density at radius 1 is 1.14 bits per heavy atom. The summed E-state index contributed by atoms with van der Waals surface area (Å²) in [5.41, 5.74) is 2.05. The molecule has 4 nitrogen and oxygen atoms in total. The van der Waals surface area contributed by atoms with E-state index in [0.717, 1.165) is 10.5 Å². The first-order chi connectivity index (χ1) is 10.0. The first kappa shape index (κ1) is 15.1. The van der Waals surface area contributed by atoms with Crippen LogP contribution in [0, 0.1) is 6.92 Å². The molecule has 2 aromatic carbocycles. The normalized spacial score (nSPS) is 10.2. The standard InChI is InChI=1S/C16H15NO3S/c1-10-7-8-11(16(19)20)9-13(10)17-15(18)12-5-3-4-6-14(12)21-2/h3-9H,1-2H3,(H,17,18)(H,19,20). The molecule has 0 spiro atoms. The van der Waals surface area contributed by atoms with Crippen LogP contribution in [-0.4, -0.2) is 23.2 Å². The lowest BCUT2D eigenvalue weighted by atomic mass is 10.1. The lowest BCUT2D eigenvalue weighted by Gasteiger charge is -2.11. The number of hydrogen-bond donors (Lipinski definition) is 2. The van der Waals surface area contributed by atoms with Crippen LogP contribution in [0.15, 0.2) is 47.4 Å². The van der Waals surface area contributed by atoms with Crippen LogP contribution in [0.3, 0.4) is 0 Å². The second-order valence-electron chi connectivity index (χ2n) is 4.49. The van der Waals surface area contributed by atoms with Crippen LogP contribution < -0.4 is 5.32 Å². The topological polar surface area (TPSA) is 66.4 Å². The Hall–Kier alpha value is -2.27. The third-order valence-electron chi connectivity index (χ3n) is 3.08. The highest BCUT2D eigenvalue weighted by atomic mass is 32.2. The van der Waals surface area contributed by atoms with Crippen LogP contribution in [0.2, 0.25) is 0 Å². The maximum absolute atomic E-state index is 12.4. The molecule has 0 heterocycles. The van der Waals surface area contributed by atoms with E-state index in [4.69, 9.17) is 5.11 Å². The monoisotopic (exact) mass is 301 g/mol. The molecule has 0 unspecified atom stereocenters. The maximum atomic E-state index is 12.4. The van der Waals surface area contributed by atoms with Gasteiger partial charge >= 0.3 is 5.97 Å². The number of amides is 1. The van der Waals surface area contributed by atoms with Gasteiger partial charge in [0.1, 0.15) is 0 Å². The average Bonchev–Trinajstić information content (AvgIpc) is 2.49. The van der Waals surface area contributed by atoms with Crippen molar-refractivity contribution in [2.75, 3.05) is 11.6 Å². The molecule has 0 saturated carbocycles. The Kier molecular flexibility index (Phi) is 4.65. The van der Waals surface area contributed by atoms with Gasteiger partial charge in [0.15, 0.2) is 0 Å². The molecule has 0 saturated heterocycles. The number of carboxylic acid groups (broad SMARTS) is 1. The predicted molar refractivity (Wildman–Crippen MR) is 84.3 cm³/mol. The van der Waals surface area contributed by atoms with E-state index >= 15 is 0 Å². The number of carbonyl (C=O) groups is 2. The van der Waals surface area contributed by atoms with Crippen molar-refractivity contribution in [3.05, 3.63) is 59.2 Å². The summed E-state index contributed by atoms with van der Waals surface area (Å²) in [7, 11) is 0. The number of carbonyl (C=O) groups excluding carboxylic acids is 1. The van der Waals surface area contributed by atoms with Gasteiger partial charge in [-0.15, -0.1) is 11.8 Å². The molecule has 108 valence electrons. The van der Waals surface area contributed by atoms with Gasteiger partial charge in [0.25, 0.3) is 5.91 Å². The fourth-order valence-electron chi connectivity index (χ4n) is 1.91. The van der Waals surface area contributed by atoms with Crippen molar-refractivity contribution < 1.29 is 14.7 Å². The van der Waals surface area contributed by atoms with E-state index in [0.29, 0.717) is 11.3 Å². The minimum Gasteiger partial charge on any atom is -0.478 e. The zero-order chi connectivity index (χ0) is 15.4. The van der Waals surface area contributed by atoms with Gasteiger partial charge in [-0.25, -0.2) is 4.79 Å². The van der Waals surface area contributed by atoms with Crippen molar-refractivity contribution in [1.82, 2.24) is 0 Å². The molecule has 1 amide bonds. The van der Waals surface area contributed by atoms with Crippen LogP contribution in [0.4, 0.5) is 5.69 Å². The van der Waals surface area contributed by atoms with Gasteiger partial charge in [-0.05, 0) is 43.0 Å². The summed E-state index contributed by atoms with van der Waals surface area (Å²) in [4.78, 5) is 24.2. The summed E-state index contributed by atoms with van der Waals surface area (Å²) >= 11 is 1.49. The SMILES string of the molecule is CSc1ccccc1C(=O)Nc1cc(C(=O)O)ccc1C. The van der Waals surface area contributed by atoms with Crippen molar-refractivity contribution in [3.8, 4) is 0 Å². The predicted octanol–water partition coefficient (Wildman–Crippen LogP) is 3.67. The van der Waals surface area contributed by atoms with Crippen LogP contribution >= 0.6 is 11.8 Å². The summed E-state index contributed by atoms with van der Waals surface area (Å²) in [5, 5.41) is 11.8. The second-order valence-corrected chi connectivity index (χ2v) is 5.34. The lowest BCUT2D eigenvalue weighted by Crippen LogP contribution is -2.14. The summed E-state index contributed by atoms with van der Waals surface area (Å²) in [6.45, 7) is 1.82. The molecule has 0 aromatic heterocycles. The minimum atomic E-state index is -1.02. The third-order valence-corrected chi connectivity index (χ3v) is 3.88.